The molecule has 0 radical (unpaired) electrons. The van der Waals surface area contributed by atoms with Gasteiger partial charge < -0.3 is 5.41 Å². The van der Waals surface area contributed by atoms with Crippen molar-refractivity contribution in [3.05, 3.63) is 222 Å². The fraction of sp³-hybridized carbons (Fsp3) is 0.0545. The molecular formula is C55H40N2. The Kier molecular flexibility index (Phi) is 8.34. The number of nitrogens with one attached hydrogen (secondary N) is 1. The number of nitrogens with zero attached hydrogens (tertiary/aromatic N) is 1. The average Bonchev–Trinajstić information content (AvgIpc) is 3.50. The summed E-state index contributed by atoms with van der Waals surface area (Å²) in [4.78, 5) is 5.09. The number of rotatable bonds is 7. The Hall–Kier alpha value is -7.16. The fourth-order valence-electron chi connectivity index (χ4n) is 8.74. The third-order valence-corrected chi connectivity index (χ3v) is 11.8. The van der Waals surface area contributed by atoms with Gasteiger partial charge in [0.2, 0.25) is 0 Å². The zero-order chi connectivity index (χ0) is 38.5. The van der Waals surface area contributed by atoms with Gasteiger partial charge in [-0.05, 0) is 101 Å². The van der Waals surface area contributed by atoms with Crippen LogP contribution in [0.2, 0.25) is 0 Å². The lowest BCUT2D eigenvalue weighted by Gasteiger charge is -2.22. The molecule has 1 N–H and O–H groups in total. The summed E-state index contributed by atoms with van der Waals surface area (Å²) in [6.45, 7) is 4.71. The van der Waals surface area contributed by atoms with Gasteiger partial charge in [-0.2, -0.15) is 0 Å². The van der Waals surface area contributed by atoms with E-state index >= 15 is 0 Å². The number of benzene rings is 9. The lowest BCUT2D eigenvalue weighted by molar-refractivity contribution is 0.661. The Balaban J connectivity index is 0.984. The lowest BCUT2D eigenvalue weighted by Crippen LogP contribution is -2.15. The van der Waals surface area contributed by atoms with E-state index in [0.717, 1.165) is 33.2 Å². The predicted octanol–water partition coefficient (Wildman–Crippen LogP) is 14.3. The van der Waals surface area contributed by atoms with Crippen LogP contribution in [-0.4, -0.2) is 11.9 Å². The van der Waals surface area contributed by atoms with Gasteiger partial charge >= 0.3 is 0 Å². The van der Waals surface area contributed by atoms with Crippen molar-refractivity contribution >= 4 is 49.9 Å². The van der Waals surface area contributed by atoms with Crippen LogP contribution < -0.4 is 0 Å². The quantitative estimate of drug-likeness (QED) is 0.159. The van der Waals surface area contributed by atoms with Crippen molar-refractivity contribution in [2.75, 3.05) is 0 Å². The Labute approximate surface area is 333 Å². The Morgan fingerprint density at radius 2 is 1.11 bits per heavy atom. The van der Waals surface area contributed by atoms with Crippen molar-refractivity contribution in [3.63, 3.8) is 0 Å². The monoisotopic (exact) mass is 728 g/mol. The molecule has 0 unspecified atom stereocenters. The van der Waals surface area contributed by atoms with Gasteiger partial charge in [0.25, 0.3) is 0 Å². The van der Waals surface area contributed by atoms with E-state index in [0.29, 0.717) is 5.71 Å². The highest BCUT2D eigenvalue weighted by Gasteiger charge is 2.36. The van der Waals surface area contributed by atoms with Crippen LogP contribution in [0.3, 0.4) is 0 Å². The molecule has 0 saturated heterocycles. The second kappa shape index (κ2) is 13.8. The molecule has 0 bridgehead atoms. The summed E-state index contributed by atoms with van der Waals surface area (Å²) in [5.74, 6) is 0. The largest absolute Gasteiger partial charge is 0.300 e. The topological polar surface area (TPSA) is 36.2 Å². The van der Waals surface area contributed by atoms with Gasteiger partial charge in [-0.25, -0.2) is 0 Å². The van der Waals surface area contributed by atoms with Crippen LogP contribution in [0.4, 0.5) is 0 Å². The first kappa shape index (κ1) is 34.3. The zero-order valence-electron chi connectivity index (χ0n) is 32.0. The van der Waals surface area contributed by atoms with Crippen LogP contribution in [0.5, 0.6) is 0 Å². The van der Waals surface area contributed by atoms with E-state index in [1.807, 2.05) is 42.6 Å². The molecule has 57 heavy (non-hydrogen) atoms. The summed E-state index contributed by atoms with van der Waals surface area (Å²) < 4.78 is 0. The zero-order valence-corrected chi connectivity index (χ0v) is 32.0. The van der Waals surface area contributed by atoms with Gasteiger partial charge in [0.1, 0.15) is 0 Å². The van der Waals surface area contributed by atoms with Crippen molar-refractivity contribution in [2.45, 2.75) is 19.3 Å². The lowest BCUT2D eigenvalue weighted by atomic mass is 9.81. The van der Waals surface area contributed by atoms with Crippen molar-refractivity contribution in [2.24, 2.45) is 4.99 Å². The summed E-state index contributed by atoms with van der Waals surface area (Å²) in [7, 11) is 0. The Morgan fingerprint density at radius 3 is 1.91 bits per heavy atom. The molecule has 9 aromatic rings. The average molecular weight is 729 g/mol. The smallest absolute Gasteiger partial charge is 0.0723 e. The second-order valence-electron chi connectivity index (χ2n) is 15.5. The van der Waals surface area contributed by atoms with Crippen LogP contribution in [0, 0.1) is 5.41 Å². The van der Waals surface area contributed by atoms with Crippen LogP contribution in [-0.2, 0) is 5.41 Å². The van der Waals surface area contributed by atoms with Gasteiger partial charge in [0.05, 0.1) is 11.4 Å². The Bertz CT molecular complexity index is 3090. The highest BCUT2D eigenvalue weighted by Crippen LogP contribution is 2.52. The summed E-state index contributed by atoms with van der Waals surface area (Å²) in [5, 5.41) is 16.2. The minimum atomic E-state index is -0.0791. The van der Waals surface area contributed by atoms with Crippen LogP contribution >= 0.6 is 0 Å². The van der Waals surface area contributed by atoms with E-state index in [1.54, 1.807) is 0 Å². The molecule has 9 aromatic carbocycles. The highest BCUT2D eigenvalue weighted by molar-refractivity contribution is 6.12. The summed E-state index contributed by atoms with van der Waals surface area (Å²) in [6.07, 6.45) is 3.82. The SMILES string of the molecule is CC1(C)c2cc(-c3ccc(-c4ccc(C=N/C(=C\C(=N)c5ccccc5)c5ccc6ccccc6c5)c5ccccc45)cc3)ccc2-c2c1ccc1ccccc21. The Morgan fingerprint density at radius 1 is 0.474 bits per heavy atom. The first-order valence-corrected chi connectivity index (χ1v) is 19.6. The predicted molar refractivity (Wildman–Crippen MR) is 243 cm³/mol. The molecule has 2 heteroatoms. The van der Waals surface area contributed by atoms with Crippen LogP contribution in [0.1, 0.15) is 41.7 Å². The number of hydrogen-bond donors (Lipinski definition) is 1. The molecule has 270 valence electrons. The molecule has 0 atom stereocenters. The molecule has 0 amide bonds. The number of aliphatic imine (C=N–C) groups is 1. The minimum absolute atomic E-state index is 0.0791. The van der Waals surface area contributed by atoms with Crippen LogP contribution in [0.25, 0.3) is 71.4 Å². The van der Waals surface area contributed by atoms with Crippen molar-refractivity contribution in [3.8, 4) is 33.4 Å². The molecule has 0 aliphatic heterocycles. The van der Waals surface area contributed by atoms with Crippen molar-refractivity contribution in [1.82, 2.24) is 0 Å². The first-order chi connectivity index (χ1) is 27.9. The molecule has 10 rings (SSSR count). The normalized spacial score (nSPS) is 13.3. The summed E-state index contributed by atoms with van der Waals surface area (Å²) in [6, 6.07) is 66.9. The molecule has 0 saturated carbocycles. The fourth-order valence-corrected chi connectivity index (χ4v) is 8.74. The molecule has 1 aliphatic carbocycles. The molecular weight excluding hydrogens is 689 g/mol. The van der Waals surface area contributed by atoms with E-state index in [2.05, 4.69) is 172 Å². The molecule has 2 nitrogen and oxygen atoms in total. The molecule has 0 spiro atoms. The van der Waals surface area contributed by atoms with Gasteiger partial charge in [0.15, 0.2) is 0 Å². The van der Waals surface area contributed by atoms with Gasteiger partial charge in [-0.3, -0.25) is 4.99 Å². The standard InChI is InChI=1S/C55H40N2/c1-55(2)50-31-28-38-13-8-9-18-47(38)54(50)49-30-26-42(33-51(49)55)37-20-23-39(24-21-37)46-29-27-44(45-17-10-11-19-48(45)46)35-57-53(34-52(56)40-14-4-3-5-15-40)43-25-22-36-12-6-7-16-41(36)32-43/h3-35,56H,1-2H3/b53-34-,56-52?,57-35?. The molecule has 0 aromatic heterocycles. The van der Waals surface area contributed by atoms with Crippen molar-refractivity contribution < 1.29 is 0 Å². The first-order valence-electron chi connectivity index (χ1n) is 19.6. The third kappa shape index (κ3) is 6.07. The second-order valence-corrected chi connectivity index (χ2v) is 15.5. The molecule has 0 heterocycles. The van der Waals surface area contributed by atoms with E-state index in [4.69, 9.17) is 10.4 Å². The van der Waals surface area contributed by atoms with Crippen molar-refractivity contribution in [1.29, 1.82) is 5.41 Å². The maximum atomic E-state index is 8.93. The maximum absolute atomic E-state index is 8.93. The highest BCUT2D eigenvalue weighted by atomic mass is 14.7. The van der Waals surface area contributed by atoms with E-state index in [-0.39, 0.29) is 5.41 Å². The van der Waals surface area contributed by atoms with E-state index < -0.39 is 0 Å². The number of fused-ring (bicyclic) bond motifs is 7. The summed E-state index contributed by atoms with van der Waals surface area (Å²) in [5.41, 5.74) is 14.2. The number of hydrogen-bond acceptors (Lipinski definition) is 2. The molecule has 1 aliphatic rings. The maximum Gasteiger partial charge on any atom is 0.0723 e. The van der Waals surface area contributed by atoms with Crippen LogP contribution in [0.15, 0.2) is 199 Å². The van der Waals surface area contributed by atoms with E-state index in [1.165, 1.54) is 66.1 Å². The minimum Gasteiger partial charge on any atom is -0.300 e. The van der Waals surface area contributed by atoms with Gasteiger partial charge in [-0.1, -0.05) is 190 Å². The summed E-state index contributed by atoms with van der Waals surface area (Å²) >= 11 is 0. The third-order valence-electron chi connectivity index (χ3n) is 11.8. The van der Waals surface area contributed by atoms with E-state index in [9.17, 15) is 0 Å². The number of allylic oxidation sites excluding steroid dienone is 1. The van der Waals surface area contributed by atoms with Gasteiger partial charge in [-0.15, -0.1) is 0 Å². The molecule has 0 fully saturated rings. The van der Waals surface area contributed by atoms with Gasteiger partial charge in [0, 0.05) is 22.8 Å².